The summed E-state index contributed by atoms with van der Waals surface area (Å²) in [6, 6.07) is 11.3. The summed E-state index contributed by atoms with van der Waals surface area (Å²) in [5, 5.41) is 0.331. The van der Waals surface area contributed by atoms with Crippen molar-refractivity contribution in [3.05, 3.63) is 59.1 Å². The summed E-state index contributed by atoms with van der Waals surface area (Å²) < 4.78 is 52.2. The number of rotatable bonds is 7. The van der Waals surface area contributed by atoms with Crippen LogP contribution in [0, 0.1) is 0 Å². The van der Waals surface area contributed by atoms with Crippen LogP contribution in [0.5, 0.6) is 0 Å². The fourth-order valence-corrected chi connectivity index (χ4v) is 3.71. The Morgan fingerprint density at radius 2 is 1.62 bits per heavy atom. The van der Waals surface area contributed by atoms with Gasteiger partial charge in [0.15, 0.2) is 0 Å². The number of hydrogen-bond donors (Lipinski definition) is 0. The quantitative estimate of drug-likeness (QED) is 0.633. The Labute approximate surface area is 145 Å². The van der Waals surface area contributed by atoms with Gasteiger partial charge in [-0.1, -0.05) is 37.1 Å². The topological polar surface area (TPSA) is 37.4 Å². The first-order valence-electron chi connectivity index (χ1n) is 7.53. The molecule has 0 aliphatic heterocycles. The molecule has 0 fully saturated rings. The minimum atomic E-state index is -4.38. The molecule has 2 aromatic rings. The van der Waals surface area contributed by atoms with E-state index in [9.17, 15) is 17.2 Å². The van der Waals surface area contributed by atoms with Crippen molar-refractivity contribution in [1.29, 1.82) is 0 Å². The first-order valence-corrected chi connectivity index (χ1v) is 9.35. The molecular formula is C17H18ClF2NO2S. The molecule has 0 amide bonds. The lowest BCUT2D eigenvalue weighted by Crippen LogP contribution is -2.35. The third-order valence-electron chi connectivity index (χ3n) is 3.56. The molecule has 0 aliphatic rings. The van der Waals surface area contributed by atoms with Gasteiger partial charge in [0.2, 0.25) is 0 Å². The van der Waals surface area contributed by atoms with Crippen molar-refractivity contribution in [2.75, 3.05) is 4.31 Å². The van der Waals surface area contributed by atoms with E-state index in [1.54, 1.807) is 12.1 Å². The lowest BCUT2D eigenvalue weighted by atomic mass is 10.1. The molecule has 0 N–H and O–H groups in total. The highest BCUT2D eigenvalue weighted by atomic mass is 35.5. The standard InChI is InChI=1S/C17H18ClF2NO2S/c1-2-3-4-13-5-9-15(10-6-13)21(17(19)20)24(22,23)16-11-7-14(18)8-12-16/h5-12,17H,2-4H2,1H3. The van der Waals surface area contributed by atoms with Crippen molar-refractivity contribution in [1.82, 2.24) is 0 Å². The number of unbranched alkanes of at least 4 members (excludes halogenated alkanes) is 1. The fourth-order valence-electron chi connectivity index (χ4n) is 2.27. The average molecular weight is 374 g/mol. The van der Waals surface area contributed by atoms with Crippen molar-refractivity contribution in [3.63, 3.8) is 0 Å². The largest absolute Gasteiger partial charge is 0.328 e. The highest BCUT2D eigenvalue weighted by molar-refractivity contribution is 7.92. The Hall–Kier alpha value is -1.66. The van der Waals surface area contributed by atoms with Gasteiger partial charge in [-0.3, -0.25) is 0 Å². The van der Waals surface area contributed by atoms with Crippen LogP contribution in [0.4, 0.5) is 14.5 Å². The molecule has 0 saturated carbocycles. The minimum Gasteiger partial charge on any atom is -0.207 e. The summed E-state index contributed by atoms with van der Waals surface area (Å²) in [6.45, 7) is -1.13. The van der Waals surface area contributed by atoms with Gasteiger partial charge in [-0.25, -0.2) is 12.7 Å². The van der Waals surface area contributed by atoms with Crippen LogP contribution in [-0.2, 0) is 16.4 Å². The first-order chi connectivity index (χ1) is 11.4. The van der Waals surface area contributed by atoms with Crippen LogP contribution in [0.1, 0.15) is 25.3 Å². The number of sulfonamides is 1. The molecule has 130 valence electrons. The van der Waals surface area contributed by atoms with E-state index in [0.717, 1.165) is 24.8 Å². The Bertz CT molecular complexity index is 762. The van der Waals surface area contributed by atoms with Gasteiger partial charge in [0.1, 0.15) is 0 Å². The molecule has 3 nitrogen and oxygen atoms in total. The monoisotopic (exact) mass is 373 g/mol. The molecule has 0 aromatic heterocycles. The molecule has 0 unspecified atom stereocenters. The summed E-state index contributed by atoms with van der Waals surface area (Å²) in [5.74, 6) is 0. The molecule has 0 spiro atoms. The zero-order valence-corrected chi connectivity index (χ0v) is 14.7. The molecule has 0 atom stereocenters. The molecule has 2 rings (SSSR count). The van der Waals surface area contributed by atoms with Crippen molar-refractivity contribution < 1.29 is 17.2 Å². The number of hydrogen-bond acceptors (Lipinski definition) is 2. The van der Waals surface area contributed by atoms with Gasteiger partial charge in [0.25, 0.3) is 10.0 Å². The van der Waals surface area contributed by atoms with E-state index in [1.165, 1.54) is 36.4 Å². The van der Waals surface area contributed by atoms with E-state index in [4.69, 9.17) is 11.6 Å². The minimum absolute atomic E-state index is 0.0693. The molecule has 0 heterocycles. The molecular weight excluding hydrogens is 356 g/mol. The van der Waals surface area contributed by atoms with E-state index in [1.807, 2.05) is 0 Å². The van der Waals surface area contributed by atoms with Gasteiger partial charge < -0.3 is 0 Å². The van der Waals surface area contributed by atoms with E-state index in [-0.39, 0.29) is 14.9 Å². The zero-order valence-electron chi connectivity index (χ0n) is 13.1. The number of aryl methyl sites for hydroxylation is 1. The summed E-state index contributed by atoms with van der Waals surface area (Å²) >= 11 is 5.72. The number of alkyl halides is 2. The second-order valence-electron chi connectivity index (χ2n) is 5.30. The molecule has 0 saturated heterocycles. The van der Waals surface area contributed by atoms with Gasteiger partial charge in [0, 0.05) is 5.02 Å². The Balaban J connectivity index is 2.36. The second kappa shape index (κ2) is 7.94. The summed E-state index contributed by atoms with van der Waals surface area (Å²) in [4.78, 5) is -0.234. The Morgan fingerprint density at radius 1 is 1.04 bits per heavy atom. The SMILES string of the molecule is CCCCc1ccc(N(C(F)F)S(=O)(=O)c2ccc(Cl)cc2)cc1. The number of anilines is 1. The second-order valence-corrected chi connectivity index (χ2v) is 7.55. The van der Waals surface area contributed by atoms with Gasteiger partial charge in [0.05, 0.1) is 10.6 Å². The molecule has 7 heteroatoms. The molecule has 24 heavy (non-hydrogen) atoms. The zero-order chi connectivity index (χ0) is 17.7. The predicted molar refractivity (Wildman–Crippen MR) is 92.2 cm³/mol. The van der Waals surface area contributed by atoms with Crippen molar-refractivity contribution in [2.45, 2.75) is 37.6 Å². The summed E-state index contributed by atoms with van der Waals surface area (Å²) in [5.41, 5.74) is 0.916. The van der Waals surface area contributed by atoms with Crippen LogP contribution in [0.25, 0.3) is 0 Å². The van der Waals surface area contributed by atoms with E-state index in [2.05, 4.69) is 6.92 Å². The smallest absolute Gasteiger partial charge is 0.207 e. The van der Waals surface area contributed by atoms with Gasteiger partial charge in [-0.2, -0.15) is 8.78 Å². The van der Waals surface area contributed by atoms with Crippen LogP contribution in [0.15, 0.2) is 53.4 Å². The van der Waals surface area contributed by atoms with Crippen LogP contribution >= 0.6 is 11.6 Å². The number of nitrogens with zero attached hydrogens (tertiary/aromatic N) is 1. The van der Waals surface area contributed by atoms with Gasteiger partial charge in [-0.05, 0) is 54.8 Å². The van der Waals surface area contributed by atoms with Gasteiger partial charge in [-0.15, -0.1) is 0 Å². The van der Waals surface area contributed by atoms with Crippen LogP contribution < -0.4 is 4.31 Å². The molecule has 0 bridgehead atoms. The van der Waals surface area contributed by atoms with Crippen LogP contribution in [0.2, 0.25) is 5.02 Å². The maximum absolute atomic E-state index is 13.5. The normalized spacial score (nSPS) is 11.7. The number of halogens is 3. The maximum atomic E-state index is 13.5. The van der Waals surface area contributed by atoms with Crippen LogP contribution in [-0.4, -0.2) is 15.0 Å². The third-order valence-corrected chi connectivity index (χ3v) is 5.57. The summed E-state index contributed by atoms with van der Waals surface area (Å²) in [6.07, 6.45) is 2.84. The van der Waals surface area contributed by atoms with E-state index >= 15 is 0 Å². The van der Waals surface area contributed by atoms with E-state index in [0.29, 0.717) is 5.02 Å². The maximum Gasteiger partial charge on any atom is 0.328 e. The van der Waals surface area contributed by atoms with Crippen molar-refractivity contribution >= 4 is 27.3 Å². The Morgan fingerprint density at radius 3 is 2.12 bits per heavy atom. The summed E-state index contributed by atoms with van der Waals surface area (Å²) in [7, 11) is -4.38. The lowest BCUT2D eigenvalue weighted by molar-refractivity contribution is 0.162. The van der Waals surface area contributed by atoms with E-state index < -0.39 is 16.6 Å². The van der Waals surface area contributed by atoms with Gasteiger partial charge >= 0.3 is 6.55 Å². The fraction of sp³-hybridized carbons (Fsp3) is 0.294. The lowest BCUT2D eigenvalue weighted by Gasteiger charge is -2.23. The highest BCUT2D eigenvalue weighted by Crippen LogP contribution is 2.28. The van der Waals surface area contributed by atoms with Crippen LogP contribution in [0.3, 0.4) is 0 Å². The molecule has 0 aliphatic carbocycles. The molecule has 0 radical (unpaired) electrons. The number of benzene rings is 2. The predicted octanol–water partition coefficient (Wildman–Crippen LogP) is 5.10. The van der Waals surface area contributed by atoms with Crippen molar-refractivity contribution in [2.24, 2.45) is 0 Å². The molecule has 2 aromatic carbocycles. The average Bonchev–Trinajstić information content (AvgIpc) is 2.54. The highest BCUT2D eigenvalue weighted by Gasteiger charge is 2.31. The van der Waals surface area contributed by atoms with Crippen molar-refractivity contribution in [3.8, 4) is 0 Å². The first kappa shape index (κ1) is 18.7. The Kier molecular flexibility index (Phi) is 6.18. The third kappa shape index (κ3) is 4.24.